The van der Waals surface area contributed by atoms with Crippen LogP contribution in [-0.4, -0.2) is 29.7 Å². The Balaban J connectivity index is 2.19. The van der Waals surface area contributed by atoms with E-state index in [4.69, 9.17) is 11.6 Å². The molecule has 1 N–H and O–H groups in total. The maximum atomic E-state index is 9.38. The van der Waals surface area contributed by atoms with E-state index in [2.05, 4.69) is 17.9 Å². The van der Waals surface area contributed by atoms with Gasteiger partial charge in [-0.2, -0.15) is 0 Å². The second-order valence-corrected chi connectivity index (χ2v) is 6.24. The summed E-state index contributed by atoms with van der Waals surface area (Å²) in [6, 6.07) is 4.39. The summed E-state index contributed by atoms with van der Waals surface area (Å²) < 4.78 is 0.837. The van der Waals surface area contributed by atoms with Crippen molar-refractivity contribution in [1.29, 1.82) is 0 Å². The first kappa shape index (κ1) is 12.4. The van der Waals surface area contributed by atoms with Gasteiger partial charge in [-0.25, -0.2) is 0 Å². The molecule has 0 aromatic carbocycles. The van der Waals surface area contributed by atoms with E-state index in [1.54, 1.807) is 11.3 Å². The zero-order chi connectivity index (χ0) is 11.5. The molecule has 1 aromatic rings. The molecule has 1 aliphatic rings. The van der Waals surface area contributed by atoms with Crippen molar-refractivity contribution in [3.8, 4) is 0 Å². The Morgan fingerprint density at radius 1 is 1.44 bits per heavy atom. The van der Waals surface area contributed by atoms with E-state index in [0.29, 0.717) is 6.04 Å². The van der Waals surface area contributed by atoms with E-state index in [1.807, 2.05) is 6.07 Å². The van der Waals surface area contributed by atoms with E-state index in [9.17, 15) is 5.11 Å². The van der Waals surface area contributed by atoms with Crippen molar-refractivity contribution in [3.05, 3.63) is 21.3 Å². The van der Waals surface area contributed by atoms with Crippen molar-refractivity contribution in [2.75, 3.05) is 19.7 Å². The van der Waals surface area contributed by atoms with Gasteiger partial charge in [0.15, 0.2) is 0 Å². The Hall–Kier alpha value is -0.0900. The van der Waals surface area contributed by atoms with Gasteiger partial charge in [-0.05, 0) is 44.0 Å². The molecule has 2 atom stereocenters. The van der Waals surface area contributed by atoms with Crippen LogP contribution >= 0.6 is 22.9 Å². The molecule has 90 valence electrons. The van der Waals surface area contributed by atoms with Gasteiger partial charge in [0.2, 0.25) is 0 Å². The van der Waals surface area contributed by atoms with E-state index in [0.717, 1.165) is 17.4 Å². The molecule has 4 heteroatoms. The smallest absolute Gasteiger partial charge is 0.0931 e. The number of aliphatic hydroxyl groups excluding tert-OH is 1. The average Bonchev–Trinajstić information content (AvgIpc) is 2.91. The normalized spacial score (nSPS) is 21.2. The Bertz CT molecular complexity index is 336. The number of hydrogen-bond donors (Lipinski definition) is 1. The van der Waals surface area contributed by atoms with E-state index in [-0.39, 0.29) is 12.5 Å². The fourth-order valence-electron chi connectivity index (χ4n) is 2.43. The van der Waals surface area contributed by atoms with Crippen LogP contribution in [-0.2, 0) is 0 Å². The summed E-state index contributed by atoms with van der Waals surface area (Å²) in [5, 5.41) is 9.38. The minimum atomic E-state index is 0.233. The number of rotatable bonds is 4. The molecular formula is C12H18ClNOS. The zero-order valence-corrected chi connectivity index (χ0v) is 11.1. The minimum Gasteiger partial charge on any atom is -0.396 e. The first-order valence-corrected chi connectivity index (χ1v) is 7.02. The molecular weight excluding hydrogens is 242 g/mol. The summed E-state index contributed by atoms with van der Waals surface area (Å²) in [6.45, 7) is 4.63. The van der Waals surface area contributed by atoms with E-state index < -0.39 is 0 Å². The number of hydrogen-bond acceptors (Lipinski definition) is 3. The van der Waals surface area contributed by atoms with Gasteiger partial charge in [0.25, 0.3) is 0 Å². The van der Waals surface area contributed by atoms with Gasteiger partial charge in [-0.15, -0.1) is 11.3 Å². The lowest BCUT2D eigenvalue weighted by Crippen LogP contribution is -2.31. The predicted octanol–water partition coefficient (Wildman–Crippen LogP) is 3.17. The highest BCUT2D eigenvalue weighted by Crippen LogP contribution is 2.36. The first-order valence-electron chi connectivity index (χ1n) is 5.82. The summed E-state index contributed by atoms with van der Waals surface area (Å²) in [6.07, 6.45) is 2.54. The lowest BCUT2D eigenvalue weighted by molar-refractivity contribution is 0.128. The molecule has 2 unspecified atom stereocenters. The predicted molar refractivity (Wildman–Crippen MR) is 69.1 cm³/mol. The van der Waals surface area contributed by atoms with Crippen LogP contribution in [0, 0.1) is 5.92 Å². The third kappa shape index (κ3) is 2.59. The molecule has 1 fully saturated rings. The Morgan fingerprint density at radius 3 is 2.62 bits per heavy atom. The highest BCUT2D eigenvalue weighted by molar-refractivity contribution is 7.16. The molecule has 0 radical (unpaired) electrons. The van der Waals surface area contributed by atoms with Crippen molar-refractivity contribution in [2.24, 2.45) is 5.92 Å². The van der Waals surface area contributed by atoms with Crippen LogP contribution in [0.15, 0.2) is 12.1 Å². The fourth-order valence-corrected chi connectivity index (χ4v) is 3.76. The molecule has 0 amide bonds. The number of halogens is 1. The molecule has 16 heavy (non-hydrogen) atoms. The SMILES string of the molecule is CC(CO)C(c1ccc(Cl)s1)N1CCCC1. The van der Waals surface area contributed by atoms with Gasteiger partial charge in [-0.1, -0.05) is 18.5 Å². The molecule has 0 saturated carbocycles. The van der Waals surface area contributed by atoms with Gasteiger partial charge in [-0.3, -0.25) is 4.90 Å². The topological polar surface area (TPSA) is 23.5 Å². The second kappa shape index (κ2) is 5.50. The molecule has 1 saturated heterocycles. The highest BCUT2D eigenvalue weighted by atomic mass is 35.5. The first-order chi connectivity index (χ1) is 7.72. The quantitative estimate of drug-likeness (QED) is 0.898. The maximum Gasteiger partial charge on any atom is 0.0931 e. The van der Waals surface area contributed by atoms with Crippen LogP contribution in [0.1, 0.15) is 30.7 Å². The van der Waals surface area contributed by atoms with Gasteiger partial charge in [0.1, 0.15) is 0 Å². The number of thiophene rings is 1. The Kier molecular flexibility index (Phi) is 4.25. The van der Waals surface area contributed by atoms with Crippen LogP contribution in [0.25, 0.3) is 0 Å². The van der Waals surface area contributed by atoms with Crippen molar-refractivity contribution in [3.63, 3.8) is 0 Å². The van der Waals surface area contributed by atoms with E-state index >= 15 is 0 Å². The van der Waals surface area contributed by atoms with Crippen molar-refractivity contribution in [2.45, 2.75) is 25.8 Å². The van der Waals surface area contributed by atoms with Gasteiger partial charge in [0.05, 0.1) is 4.34 Å². The Morgan fingerprint density at radius 2 is 2.12 bits per heavy atom. The molecule has 2 rings (SSSR count). The number of likely N-dealkylation sites (tertiary alicyclic amines) is 1. The zero-order valence-electron chi connectivity index (χ0n) is 9.53. The second-order valence-electron chi connectivity index (χ2n) is 4.49. The van der Waals surface area contributed by atoms with Crippen molar-refractivity contribution < 1.29 is 5.11 Å². The van der Waals surface area contributed by atoms with Crippen LogP contribution in [0.2, 0.25) is 4.34 Å². The molecule has 1 aromatic heterocycles. The van der Waals surface area contributed by atoms with Crippen molar-refractivity contribution >= 4 is 22.9 Å². The van der Waals surface area contributed by atoms with Crippen LogP contribution in [0.3, 0.4) is 0 Å². The molecule has 0 bridgehead atoms. The summed E-state index contributed by atoms with van der Waals surface area (Å²) in [4.78, 5) is 3.76. The number of aliphatic hydroxyl groups is 1. The molecule has 2 heterocycles. The van der Waals surface area contributed by atoms with E-state index in [1.165, 1.54) is 17.7 Å². The van der Waals surface area contributed by atoms with Crippen LogP contribution in [0.5, 0.6) is 0 Å². The third-order valence-electron chi connectivity index (χ3n) is 3.25. The standard InChI is InChI=1S/C12H18ClNOS/c1-9(8-15)12(14-6-2-3-7-14)10-4-5-11(13)16-10/h4-5,9,12,15H,2-3,6-8H2,1H3. The summed E-state index contributed by atoms with van der Waals surface area (Å²) in [7, 11) is 0. The lowest BCUT2D eigenvalue weighted by atomic mass is 10.00. The maximum absolute atomic E-state index is 9.38. The summed E-state index contributed by atoms with van der Waals surface area (Å²) >= 11 is 7.64. The molecule has 1 aliphatic heterocycles. The van der Waals surface area contributed by atoms with Crippen LogP contribution in [0.4, 0.5) is 0 Å². The highest BCUT2D eigenvalue weighted by Gasteiger charge is 2.28. The molecule has 0 spiro atoms. The third-order valence-corrected chi connectivity index (χ3v) is 4.55. The Labute approximate surface area is 106 Å². The van der Waals surface area contributed by atoms with Crippen molar-refractivity contribution in [1.82, 2.24) is 4.90 Å². The lowest BCUT2D eigenvalue weighted by Gasteiger charge is -2.30. The summed E-state index contributed by atoms with van der Waals surface area (Å²) in [5.41, 5.74) is 0. The monoisotopic (exact) mass is 259 g/mol. The van der Waals surface area contributed by atoms with Crippen LogP contribution < -0.4 is 0 Å². The largest absolute Gasteiger partial charge is 0.396 e. The minimum absolute atomic E-state index is 0.233. The molecule has 2 nitrogen and oxygen atoms in total. The average molecular weight is 260 g/mol. The number of nitrogens with zero attached hydrogens (tertiary/aromatic N) is 1. The van der Waals surface area contributed by atoms with Gasteiger partial charge >= 0.3 is 0 Å². The fraction of sp³-hybridized carbons (Fsp3) is 0.667. The van der Waals surface area contributed by atoms with Gasteiger partial charge < -0.3 is 5.11 Å². The molecule has 0 aliphatic carbocycles. The van der Waals surface area contributed by atoms with Gasteiger partial charge in [0, 0.05) is 17.5 Å². The summed E-state index contributed by atoms with van der Waals surface area (Å²) in [5.74, 6) is 0.271.